The second-order valence-electron chi connectivity index (χ2n) is 9.15. The second-order valence-corrected chi connectivity index (χ2v) is 9.15. The van der Waals surface area contributed by atoms with E-state index in [0.29, 0.717) is 17.0 Å². The van der Waals surface area contributed by atoms with E-state index < -0.39 is 0 Å². The molecule has 172 valence electrons. The maximum Gasteiger partial charge on any atom is 0.258 e. The molecule has 0 aliphatic carbocycles. The van der Waals surface area contributed by atoms with Crippen LogP contribution in [0.1, 0.15) is 47.8 Å². The lowest BCUT2D eigenvalue weighted by atomic mass is 9.93. The maximum atomic E-state index is 12.5. The van der Waals surface area contributed by atoms with Crippen LogP contribution in [0.25, 0.3) is 10.9 Å². The van der Waals surface area contributed by atoms with Crippen LogP contribution in [0.15, 0.2) is 53.3 Å². The predicted octanol–water partition coefficient (Wildman–Crippen LogP) is 3.13. The van der Waals surface area contributed by atoms with Gasteiger partial charge in [0.25, 0.3) is 11.5 Å². The molecular weight excluding hydrogens is 414 g/mol. The quantitative estimate of drug-likeness (QED) is 0.645. The highest BCUT2D eigenvalue weighted by molar-refractivity contribution is 5.94. The highest BCUT2D eigenvalue weighted by atomic mass is 16.1. The number of hydrogen-bond donors (Lipinski definition) is 2. The Kier molecular flexibility index (Phi) is 6.13. The van der Waals surface area contributed by atoms with Crippen molar-refractivity contribution in [3.05, 3.63) is 70.3 Å². The summed E-state index contributed by atoms with van der Waals surface area (Å²) < 4.78 is 0. The number of aromatic amines is 1. The van der Waals surface area contributed by atoms with E-state index in [4.69, 9.17) is 4.98 Å². The molecule has 33 heavy (non-hydrogen) atoms. The number of fused-ring (bicyclic) bond motifs is 1. The van der Waals surface area contributed by atoms with Crippen LogP contribution in [0.3, 0.4) is 0 Å². The fourth-order valence-corrected chi connectivity index (χ4v) is 5.32. The highest BCUT2D eigenvalue weighted by Crippen LogP contribution is 2.30. The van der Waals surface area contributed by atoms with Gasteiger partial charge in [0.15, 0.2) is 0 Å². The molecule has 2 saturated heterocycles. The smallest absolute Gasteiger partial charge is 0.258 e. The number of nitrogens with zero attached hydrogens (tertiary/aromatic N) is 3. The van der Waals surface area contributed by atoms with E-state index in [1.165, 1.54) is 5.69 Å². The van der Waals surface area contributed by atoms with E-state index in [9.17, 15) is 9.59 Å². The number of rotatable bonds is 4. The van der Waals surface area contributed by atoms with Crippen LogP contribution in [0.5, 0.6) is 0 Å². The number of benzene rings is 2. The summed E-state index contributed by atoms with van der Waals surface area (Å²) in [6, 6.07) is 16.0. The average molecular weight is 446 g/mol. The lowest BCUT2D eigenvalue weighted by molar-refractivity contribution is 0.0963. The van der Waals surface area contributed by atoms with Crippen LogP contribution < -0.4 is 15.8 Å². The second kappa shape index (κ2) is 9.35. The number of likely N-dealkylation sites (tertiary alicyclic amines) is 1. The van der Waals surface area contributed by atoms with Gasteiger partial charge in [0.05, 0.1) is 10.9 Å². The molecule has 1 atom stereocenters. The summed E-state index contributed by atoms with van der Waals surface area (Å²) in [7, 11) is 1.65. The zero-order valence-electron chi connectivity index (χ0n) is 19.1. The zero-order chi connectivity index (χ0) is 22.8. The van der Waals surface area contributed by atoms with Crippen molar-refractivity contribution in [1.82, 2.24) is 20.2 Å². The molecule has 2 fully saturated rings. The molecule has 0 radical (unpaired) electrons. The molecule has 0 bridgehead atoms. The third-order valence-electron chi connectivity index (χ3n) is 7.17. The molecule has 3 heterocycles. The van der Waals surface area contributed by atoms with E-state index in [-0.39, 0.29) is 17.4 Å². The van der Waals surface area contributed by atoms with Gasteiger partial charge in [-0.1, -0.05) is 12.1 Å². The van der Waals surface area contributed by atoms with Gasteiger partial charge in [-0.15, -0.1) is 0 Å². The number of carbonyl (C=O) groups excluding carboxylic acids is 1. The SMILES string of the molecule is CNC(=O)c1ccc(N2CCC(N3CCCC(c4nc5ccccc5c(=O)[nH]4)C3)CC2)cc1. The van der Waals surface area contributed by atoms with Crippen molar-refractivity contribution in [3.63, 3.8) is 0 Å². The zero-order valence-corrected chi connectivity index (χ0v) is 19.1. The van der Waals surface area contributed by atoms with Gasteiger partial charge < -0.3 is 15.2 Å². The van der Waals surface area contributed by atoms with Crippen LogP contribution in [-0.4, -0.2) is 60.0 Å². The number of aromatic nitrogens is 2. The molecule has 0 saturated carbocycles. The van der Waals surface area contributed by atoms with E-state index in [1.54, 1.807) is 7.05 Å². The summed E-state index contributed by atoms with van der Waals surface area (Å²) in [6.07, 6.45) is 4.42. The Hall–Kier alpha value is -3.19. The minimum Gasteiger partial charge on any atom is -0.371 e. The average Bonchev–Trinajstić information content (AvgIpc) is 2.88. The molecule has 1 unspecified atom stereocenters. The lowest BCUT2D eigenvalue weighted by Crippen LogP contribution is -2.48. The number of anilines is 1. The minimum atomic E-state index is -0.0536. The number of hydrogen-bond acceptors (Lipinski definition) is 5. The standard InChI is InChI=1S/C26H31N5O2/c1-27-25(32)18-8-10-20(11-9-18)30-15-12-21(13-16-30)31-14-4-5-19(17-31)24-28-23-7-3-2-6-22(23)26(33)29-24/h2-3,6-11,19,21H,4-5,12-17H2,1H3,(H,27,32)(H,28,29,33). The van der Waals surface area contributed by atoms with Crippen LogP contribution in [-0.2, 0) is 0 Å². The fourth-order valence-electron chi connectivity index (χ4n) is 5.32. The summed E-state index contributed by atoms with van der Waals surface area (Å²) in [6.45, 7) is 4.08. The molecule has 2 aliphatic heterocycles. The molecule has 2 aliphatic rings. The first-order valence-electron chi connectivity index (χ1n) is 11.9. The largest absolute Gasteiger partial charge is 0.371 e. The third kappa shape index (κ3) is 4.50. The number of piperidine rings is 2. The van der Waals surface area contributed by atoms with Gasteiger partial charge in [-0.05, 0) is 68.6 Å². The van der Waals surface area contributed by atoms with Gasteiger partial charge in [0.1, 0.15) is 5.82 Å². The summed E-state index contributed by atoms with van der Waals surface area (Å²) in [5.41, 5.74) is 2.61. The third-order valence-corrected chi connectivity index (χ3v) is 7.17. The van der Waals surface area contributed by atoms with Gasteiger partial charge in [-0.25, -0.2) is 4.98 Å². The number of amides is 1. The van der Waals surface area contributed by atoms with Crippen molar-refractivity contribution >= 4 is 22.5 Å². The van der Waals surface area contributed by atoms with E-state index in [0.717, 1.165) is 63.2 Å². The van der Waals surface area contributed by atoms with Crippen molar-refractivity contribution in [2.75, 3.05) is 38.1 Å². The number of para-hydroxylation sites is 1. The molecule has 3 aromatic rings. The van der Waals surface area contributed by atoms with Gasteiger partial charge in [0, 0.05) is 49.9 Å². The van der Waals surface area contributed by atoms with Crippen LogP contribution >= 0.6 is 0 Å². The topological polar surface area (TPSA) is 81.3 Å². The van der Waals surface area contributed by atoms with Crippen LogP contribution in [0.4, 0.5) is 5.69 Å². The highest BCUT2D eigenvalue weighted by Gasteiger charge is 2.30. The summed E-state index contributed by atoms with van der Waals surface area (Å²) >= 11 is 0. The lowest BCUT2D eigenvalue weighted by Gasteiger charge is -2.42. The van der Waals surface area contributed by atoms with Crippen molar-refractivity contribution in [3.8, 4) is 0 Å². The number of carbonyl (C=O) groups is 1. The molecule has 2 N–H and O–H groups in total. The van der Waals surface area contributed by atoms with Gasteiger partial charge in [0.2, 0.25) is 0 Å². The first-order chi connectivity index (χ1) is 16.1. The van der Waals surface area contributed by atoms with Crippen molar-refractivity contribution in [1.29, 1.82) is 0 Å². The Labute approximate surface area is 193 Å². The van der Waals surface area contributed by atoms with Gasteiger partial charge in [-0.3, -0.25) is 14.5 Å². The van der Waals surface area contributed by atoms with E-state index >= 15 is 0 Å². The Bertz CT molecular complexity index is 1180. The predicted molar refractivity (Wildman–Crippen MR) is 131 cm³/mol. The Morgan fingerprint density at radius 2 is 1.79 bits per heavy atom. The fraction of sp³-hybridized carbons (Fsp3) is 0.423. The monoisotopic (exact) mass is 445 g/mol. The van der Waals surface area contributed by atoms with E-state index in [1.807, 2.05) is 48.5 Å². The van der Waals surface area contributed by atoms with Crippen LogP contribution in [0.2, 0.25) is 0 Å². The van der Waals surface area contributed by atoms with Crippen LogP contribution in [0, 0.1) is 0 Å². The summed E-state index contributed by atoms with van der Waals surface area (Å²) in [4.78, 5) is 37.2. The molecule has 7 nitrogen and oxygen atoms in total. The molecular formula is C26H31N5O2. The number of nitrogens with one attached hydrogen (secondary N) is 2. The van der Waals surface area contributed by atoms with E-state index in [2.05, 4.69) is 20.1 Å². The minimum absolute atomic E-state index is 0.0385. The van der Waals surface area contributed by atoms with Crippen molar-refractivity contribution < 1.29 is 4.79 Å². The first kappa shape index (κ1) is 21.6. The molecule has 5 rings (SSSR count). The number of H-pyrrole nitrogens is 1. The molecule has 1 amide bonds. The molecule has 1 aromatic heterocycles. The van der Waals surface area contributed by atoms with Crippen molar-refractivity contribution in [2.24, 2.45) is 0 Å². The molecule has 7 heteroatoms. The van der Waals surface area contributed by atoms with Crippen molar-refractivity contribution in [2.45, 2.75) is 37.6 Å². The van der Waals surface area contributed by atoms with Gasteiger partial charge in [-0.2, -0.15) is 0 Å². The molecule has 0 spiro atoms. The Morgan fingerprint density at radius 3 is 2.55 bits per heavy atom. The summed E-state index contributed by atoms with van der Waals surface area (Å²) in [5.74, 6) is 1.05. The normalized spacial score (nSPS) is 20.2. The Morgan fingerprint density at radius 1 is 1.03 bits per heavy atom. The Balaban J connectivity index is 1.22. The molecule has 2 aromatic carbocycles. The van der Waals surface area contributed by atoms with Gasteiger partial charge >= 0.3 is 0 Å². The maximum absolute atomic E-state index is 12.5. The first-order valence-corrected chi connectivity index (χ1v) is 11.9. The summed E-state index contributed by atoms with van der Waals surface area (Å²) in [5, 5.41) is 3.32.